The van der Waals surface area contributed by atoms with E-state index in [1.165, 1.54) is 43.7 Å². The van der Waals surface area contributed by atoms with Crippen molar-refractivity contribution >= 4 is 27.7 Å². The number of carbonyl (C=O) groups is 1. The molecule has 1 unspecified atom stereocenters. The molecule has 29 heavy (non-hydrogen) atoms. The molecule has 0 radical (unpaired) electrons. The molecule has 1 atom stereocenters. The van der Waals surface area contributed by atoms with Crippen LogP contribution in [0.2, 0.25) is 0 Å². The van der Waals surface area contributed by atoms with E-state index in [-0.39, 0.29) is 22.6 Å². The maximum absolute atomic E-state index is 12.3. The maximum Gasteiger partial charge on any atom is 0.244 e. The summed E-state index contributed by atoms with van der Waals surface area (Å²) in [4.78, 5) is 18.9. The van der Waals surface area contributed by atoms with Crippen LogP contribution in [0, 0.1) is 0 Å². The number of sulfonamides is 1. The van der Waals surface area contributed by atoms with Crippen LogP contribution in [0.4, 0.5) is 0 Å². The molecule has 1 saturated heterocycles. The van der Waals surface area contributed by atoms with Gasteiger partial charge in [0.25, 0.3) is 0 Å². The minimum atomic E-state index is -3.49. The Bertz CT molecular complexity index is 919. The standard InChI is InChI=1S/C20H26N4O3S2/c1-23(2)29(26,27)18-8-9-20(21-12-18)28-15-19(25)22-17-10-11-24(14-17)13-16-6-4-3-5-7-16/h3-9,12,17H,10-11,13-15H2,1-2H3,(H,22,25). The molecule has 1 aliphatic rings. The molecule has 1 fully saturated rings. The summed E-state index contributed by atoms with van der Waals surface area (Å²) in [5.41, 5.74) is 1.28. The van der Waals surface area contributed by atoms with Crippen molar-refractivity contribution < 1.29 is 13.2 Å². The fraction of sp³-hybridized carbons (Fsp3) is 0.400. The first-order valence-electron chi connectivity index (χ1n) is 9.41. The molecule has 2 heterocycles. The topological polar surface area (TPSA) is 82.6 Å². The molecule has 1 N–H and O–H groups in total. The van der Waals surface area contributed by atoms with E-state index in [4.69, 9.17) is 0 Å². The van der Waals surface area contributed by atoms with E-state index in [0.29, 0.717) is 5.03 Å². The third kappa shape index (κ3) is 6.02. The predicted octanol–water partition coefficient (Wildman–Crippen LogP) is 1.81. The number of nitrogens with one attached hydrogen (secondary N) is 1. The highest BCUT2D eigenvalue weighted by molar-refractivity contribution is 7.99. The Morgan fingerprint density at radius 2 is 2.00 bits per heavy atom. The van der Waals surface area contributed by atoms with Gasteiger partial charge in [0.15, 0.2) is 0 Å². The molecule has 1 aliphatic heterocycles. The Morgan fingerprint density at radius 3 is 2.66 bits per heavy atom. The second-order valence-electron chi connectivity index (χ2n) is 7.18. The van der Waals surface area contributed by atoms with Crippen LogP contribution < -0.4 is 5.32 Å². The van der Waals surface area contributed by atoms with Crippen LogP contribution in [0.15, 0.2) is 58.6 Å². The number of nitrogens with zero attached hydrogens (tertiary/aromatic N) is 3. The van der Waals surface area contributed by atoms with E-state index >= 15 is 0 Å². The van der Waals surface area contributed by atoms with Crippen LogP contribution in [-0.4, -0.2) is 67.5 Å². The fourth-order valence-corrected chi connectivity index (χ4v) is 4.66. The van der Waals surface area contributed by atoms with Crippen molar-refractivity contribution in [3.63, 3.8) is 0 Å². The molecular weight excluding hydrogens is 408 g/mol. The lowest BCUT2D eigenvalue weighted by atomic mass is 10.2. The van der Waals surface area contributed by atoms with Crippen LogP contribution >= 0.6 is 11.8 Å². The molecule has 7 nitrogen and oxygen atoms in total. The number of pyridine rings is 1. The first-order chi connectivity index (χ1) is 13.8. The van der Waals surface area contributed by atoms with E-state index in [9.17, 15) is 13.2 Å². The van der Waals surface area contributed by atoms with Gasteiger partial charge in [0.05, 0.1) is 10.8 Å². The van der Waals surface area contributed by atoms with Crippen molar-refractivity contribution in [1.29, 1.82) is 0 Å². The Hall–Kier alpha value is -1.94. The van der Waals surface area contributed by atoms with Crippen LogP contribution in [-0.2, 0) is 21.4 Å². The Balaban J connectivity index is 1.43. The summed E-state index contributed by atoms with van der Waals surface area (Å²) in [6.45, 7) is 2.71. The second kappa shape index (κ2) is 9.71. The average molecular weight is 435 g/mol. The van der Waals surface area contributed by atoms with Crippen molar-refractivity contribution in [1.82, 2.24) is 19.5 Å². The summed E-state index contributed by atoms with van der Waals surface area (Å²) >= 11 is 1.30. The van der Waals surface area contributed by atoms with E-state index in [2.05, 4.69) is 27.3 Å². The van der Waals surface area contributed by atoms with Crippen LogP contribution in [0.1, 0.15) is 12.0 Å². The molecule has 0 spiro atoms. The predicted molar refractivity (Wildman–Crippen MR) is 114 cm³/mol. The molecular formula is C20H26N4O3S2. The van der Waals surface area contributed by atoms with Gasteiger partial charge in [-0.15, -0.1) is 0 Å². The van der Waals surface area contributed by atoms with Gasteiger partial charge in [-0.3, -0.25) is 9.69 Å². The molecule has 3 rings (SSSR count). The molecule has 0 aliphatic carbocycles. The summed E-state index contributed by atoms with van der Waals surface area (Å²) in [5.74, 6) is 0.218. The molecule has 1 amide bonds. The highest BCUT2D eigenvalue weighted by atomic mass is 32.2. The molecule has 1 aromatic carbocycles. The maximum atomic E-state index is 12.3. The molecule has 0 bridgehead atoms. The zero-order chi connectivity index (χ0) is 20.9. The first kappa shape index (κ1) is 21.8. The Kier molecular flexibility index (Phi) is 7.28. The number of thioether (sulfide) groups is 1. The van der Waals surface area contributed by atoms with Gasteiger partial charge in [-0.25, -0.2) is 17.7 Å². The number of amides is 1. The lowest BCUT2D eigenvalue weighted by Crippen LogP contribution is -2.38. The summed E-state index contributed by atoms with van der Waals surface area (Å²) in [7, 11) is -0.534. The van der Waals surface area contributed by atoms with Gasteiger partial charge in [-0.05, 0) is 24.1 Å². The number of aromatic nitrogens is 1. The lowest BCUT2D eigenvalue weighted by molar-refractivity contribution is -0.119. The summed E-state index contributed by atoms with van der Waals surface area (Å²) in [5, 5.41) is 3.70. The average Bonchev–Trinajstić information content (AvgIpc) is 3.14. The monoisotopic (exact) mass is 434 g/mol. The molecule has 2 aromatic rings. The van der Waals surface area contributed by atoms with E-state index < -0.39 is 10.0 Å². The normalized spacial score (nSPS) is 17.6. The van der Waals surface area contributed by atoms with Gasteiger partial charge in [-0.2, -0.15) is 0 Å². The van der Waals surface area contributed by atoms with Crippen molar-refractivity contribution in [2.24, 2.45) is 0 Å². The third-order valence-electron chi connectivity index (χ3n) is 4.73. The van der Waals surface area contributed by atoms with Gasteiger partial charge in [0.1, 0.15) is 4.90 Å². The van der Waals surface area contributed by atoms with Gasteiger partial charge >= 0.3 is 0 Å². The van der Waals surface area contributed by atoms with Gasteiger partial charge in [-0.1, -0.05) is 42.1 Å². The molecule has 1 aromatic heterocycles. The Morgan fingerprint density at radius 1 is 1.24 bits per heavy atom. The van der Waals surface area contributed by atoms with E-state index in [1.54, 1.807) is 6.07 Å². The summed E-state index contributed by atoms with van der Waals surface area (Å²) in [6, 6.07) is 13.6. The van der Waals surface area contributed by atoms with Crippen LogP contribution in [0.25, 0.3) is 0 Å². The molecule has 0 saturated carbocycles. The highest BCUT2D eigenvalue weighted by Crippen LogP contribution is 2.19. The number of carbonyl (C=O) groups excluding carboxylic acids is 1. The first-order valence-corrected chi connectivity index (χ1v) is 11.8. The second-order valence-corrected chi connectivity index (χ2v) is 10.3. The molecule has 156 valence electrons. The van der Waals surface area contributed by atoms with Crippen molar-refractivity contribution in [3.8, 4) is 0 Å². The fourth-order valence-electron chi connectivity index (χ4n) is 3.16. The zero-order valence-corrected chi connectivity index (χ0v) is 18.2. The van der Waals surface area contributed by atoms with Gasteiger partial charge in [0, 0.05) is 46.0 Å². The quantitative estimate of drug-likeness (QED) is 0.638. The highest BCUT2D eigenvalue weighted by Gasteiger charge is 2.24. The van der Waals surface area contributed by atoms with E-state index in [0.717, 1.165) is 30.4 Å². The minimum absolute atomic E-state index is 0.0339. The summed E-state index contributed by atoms with van der Waals surface area (Å²) in [6.07, 6.45) is 2.27. The van der Waals surface area contributed by atoms with Crippen molar-refractivity contribution in [2.75, 3.05) is 32.9 Å². The number of likely N-dealkylation sites (tertiary alicyclic amines) is 1. The van der Waals surface area contributed by atoms with Gasteiger partial charge in [0.2, 0.25) is 15.9 Å². The van der Waals surface area contributed by atoms with Crippen LogP contribution in [0.5, 0.6) is 0 Å². The molecule has 9 heteroatoms. The lowest BCUT2D eigenvalue weighted by Gasteiger charge is -2.16. The van der Waals surface area contributed by atoms with Crippen LogP contribution in [0.3, 0.4) is 0 Å². The van der Waals surface area contributed by atoms with Crippen molar-refractivity contribution in [3.05, 3.63) is 54.2 Å². The number of hydrogen-bond donors (Lipinski definition) is 1. The number of rotatable bonds is 8. The van der Waals surface area contributed by atoms with E-state index in [1.807, 2.05) is 18.2 Å². The number of hydrogen-bond acceptors (Lipinski definition) is 6. The largest absolute Gasteiger partial charge is 0.351 e. The summed E-state index contributed by atoms with van der Waals surface area (Å²) < 4.78 is 25.3. The van der Waals surface area contributed by atoms with Gasteiger partial charge < -0.3 is 5.32 Å². The van der Waals surface area contributed by atoms with Crippen molar-refractivity contribution in [2.45, 2.75) is 28.9 Å². The minimum Gasteiger partial charge on any atom is -0.351 e. The zero-order valence-electron chi connectivity index (χ0n) is 16.6. The number of benzene rings is 1. The Labute approximate surface area is 176 Å². The smallest absolute Gasteiger partial charge is 0.244 e. The SMILES string of the molecule is CN(C)S(=O)(=O)c1ccc(SCC(=O)NC2CCN(Cc3ccccc3)C2)nc1. The third-order valence-corrected chi connectivity index (χ3v) is 7.47.